The van der Waals surface area contributed by atoms with E-state index in [0.29, 0.717) is 17.9 Å². The van der Waals surface area contributed by atoms with Crippen LogP contribution in [-0.4, -0.2) is 29.7 Å². The Labute approximate surface area is 129 Å². The van der Waals surface area contributed by atoms with Crippen LogP contribution < -0.4 is 10.6 Å². The third-order valence-electron chi connectivity index (χ3n) is 3.44. The zero-order valence-electron chi connectivity index (χ0n) is 12.9. The molecule has 2 rings (SSSR count). The molecule has 0 unspecified atom stereocenters. The lowest BCUT2D eigenvalue weighted by Gasteiger charge is -2.26. The summed E-state index contributed by atoms with van der Waals surface area (Å²) in [6.07, 6.45) is 0. The third-order valence-corrected chi connectivity index (χ3v) is 3.44. The van der Waals surface area contributed by atoms with Gasteiger partial charge in [-0.1, -0.05) is 32.0 Å². The molecule has 0 aliphatic rings. The van der Waals surface area contributed by atoms with Gasteiger partial charge in [0.15, 0.2) is 5.69 Å². The number of carbonyl (C=O) groups is 1. The molecule has 0 saturated carbocycles. The topological polar surface area (TPSA) is 66.9 Å². The van der Waals surface area contributed by atoms with Crippen LogP contribution in [0.4, 0.5) is 10.2 Å². The molecule has 1 heterocycles. The van der Waals surface area contributed by atoms with E-state index in [0.717, 1.165) is 0 Å². The molecule has 2 aromatic rings. The highest BCUT2D eigenvalue weighted by atomic mass is 19.1. The number of rotatable bonds is 5. The average molecular weight is 302 g/mol. The van der Waals surface area contributed by atoms with Crippen molar-refractivity contribution in [3.05, 3.63) is 53.5 Å². The number of nitrogens with zero attached hydrogens (tertiary/aromatic N) is 2. The highest BCUT2D eigenvalue weighted by molar-refractivity contribution is 5.91. The van der Waals surface area contributed by atoms with E-state index >= 15 is 0 Å². The molecule has 0 fully saturated rings. The summed E-state index contributed by atoms with van der Waals surface area (Å²) in [4.78, 5) is 11.4. The molecule has 0 atom stereocenters. The van der Waals surface area contributed by atoms with Crippen LogP contribution in [0.5, 0.6) is 0 Å². The first-order chi connectivity index (χ1) is 10.4. The Kier molecular flexibility index (Phi) is 4.70. The number of carbonyl (C=O) groups excluding carboxylic acids is 1. The molecule has 22 heavy (non-hydrogen) atoms. The van der Waals surface area contributed by atoms with Crippen molar-refractivity contribution in [2.75, 3.05) is 18.9 Å². The van der Waals surface area contributed by atoms with Gasteiger partial charge in [-0.3, -0.25) is 4.79 Å². The van der Waals surface area contributed by atoms with Crippen LogP contribution >= 0.6 is 0 Å². The number of aromatic nitrogens is 2. The molecular weight excluding hydrogens is 283 g/mol. The van der Waals surface area contributed by atoms with E-state index in [-0.39, 0.29) is 17.4 Å². The average Bonchev–Trinajstić information content (AvgIpc) is 2.53. The van der Waals surface area contributed by atoms with Gasteiger partial charge in [0.05, 0.1) is 0 Å². The second kappa shape index (κ2) is 6.51. The normalized spacial score (nSPS) is 11.1. The summed E-state index contributed by atoms with van der Waals surface area (Å²) in [5, 5.41) is 13.4. The van der Waals surface area contributed by atoms with Gasteiger partial charge in [-0.25, -0.2) is 4.39 Å². The second-order valence-corrected chi connectivity index (χ2v) is 5.60. The van der Waals surface area contributed by atoms with Crippen molar-refractivity contribution >= 4 is 11.7 Å². The van der Waals surface area contributed by atoms with Gasteiger partial charge in [-0.2, -0.15) is 0 Å². The zero-order valence-corrected chi connectivity index (χ0v) is 12.9. The van der Waals surface area contributed by atoms with Crippen molar-refractivity contribution in [1.29, 1.82) is 0 Å². The Morgan fingerprint density at radius 2 is 1.91 bits per heavy atom. The summed E-state index contributed by atoms with van der Waals surface area (Å²) >= 11 is 0. The molecule has 0 spiro atoms. The van der Waals surface area contributed by atoms with E-state index in [4.69, 9.17) is 0 Å². The largest absolute Gasteiger partial charge is 0.368 e. The van der Waals surface area contributed by atoms with E-state index in [2.05, 4.69) is 20.8 Å². The van der Waals surface area contributed by atoms with Crippen LogP contribution in [-0.2, 0) is 5.41 Å². The van der Waals surface area contributed by atoms with Gasteiger partial charge in [-0.05, 0) is 23.8 Å². The minimum absolute atomic E-state index is 0.227. The lowest BCUT2D eigenvalue weighted by molar-refractivity contribution is 0.0957. The van der Waals surface area contributed by atoms with Crippen molar-refractivity contribution in [3.63, 3.8) is 0 Å². The fourth-order valence-corrected chi connectivity index (χ4v) is 2.09. The Bertz CT molecular complexity index is 655. The summed E-state index contributed by atoms with van der Waals surface area (Å²) in [7, 11) is 1.53. The SMILES string of the molecule is CNC(=O)c1ccc(NCC(C)(C)c2ccccc2F)nn1. The standard InChI is InChI=1S/C16H19FN4O/c1-16(2,11-6-4-5-7-12(11)17)10-19-14-9-8-13(20-21-14)15(22)18-3/h4-9H,10H2,1-3H3,(H,18,22)(H,19,21). The van der Waals surface area contributed by atoms with Gasteiger partial charge in [0.2, 0.25) is 0 Å². The molecule has 0 aliphatic carbocycles. The molecule has 2 N–H and O–H groups in total. The Morgan fingerprint density at radius 1 is 1.18 bits per heavy atom. The van der Waals surface area contributed by atoms with E-state index in [1.54, 1.807) is 24.3 Å². The number of amides is 1. The molecule has 1 amide bonds. The minimum Gasteiger partial charge on any atom is -0.368 e. The van der Waals surface area contributed by atoms with Gasteiger partial charge in [0.1, 0.15) is 11.6 Å². The number of anilines is 1. The fourth-order valence-electron chi connectivity index (χ4n) is 2.09. The van der Waals surface area contributed by atoms with Crippen LogP contribution in [0.1, 0.15) is 29.9 Å². The first kappa shape index (κ1) is 15.9. The quantitative estimate of drug-likeness (QED) is 0.890. The number of benzene rings is 1. The molecule has 1 aromatic carbocycles. The second-order valence-electron chi connectivity index (χ2n) is 5.60. The van der Waals surface area contributed by atoms with Crippen molar-refractivity contribution < 1.29 is 9.18 Å². The highest BCUT2D eigenvalue weighted by Gasteiger charge is 2.23. The molecule has 116 valence electrons. The highest BCUT2D eigenvalue weighted by Crippen LogP contribution is 2.25. The van der Waals surface area contributed by atoms with Gasteiger partial charge >= 0.3 is 0 Å². The molecule has 0 bridgehead atoms. The number of hydrogen-bond donors (Lipinski definition) is 2. The Hall–Kier alpha value is -2.50. The predicted molar refractivity (Wildman–Crippen MR) is 83.3 cm³/mol. The molecule has 5 nitrogen and oxygen atoms in total. The van der Waals surface area contributed by atoms with Crippen LogP contribution in [0.25, 0.3) is 0 Å². The van der Waals surface area contributed by atoms with Gasteiger partial charge in [0, 0.05) is 19.0 Å². The van der Waals surface area contributed by atoms with E-state index in [1.807, 2.05) is 19.9 Å². The Morgan fingerprint density at radius 3 is 2.50 bits per heavy atom. The summed E-state index contributed by atoms with van der Waals surface area (Å²) in [5.41, 5.74) is 0.478. The van der Waals surface area contributed by atoms with Crippen LogP contribution in [0.15, 0.2) is 36.4 Å². The maximum absolute atomic E-state index is 13.9. The van der Waals surface area contributed by atoms with E-state index in [1.165, 1.54) is 13.1 Å². The monoisotopic (exact) mass is 302 g/mol. The van der Waals surface area contributed by atoms with Crippen molar-refractivity contribution in [3.8, 4) is 0 Å². The molecule has 0 aliphatic heterocycles. The maximum Gasteiger partial charge on any atom is 0.271 e. The summed E-state index contributed by atoms with van der Waals surface area (Å²) < 4.78 is 13.9. The molecule has 1 aromatic heterocycles. The minimum atomic E-state index is -0.410. The van der Waals surface area contributed by atoms with E-state index < -0.39 is 5.41 Å². The first-order valence-corrected chi connectivity index (χ1v) is 6.99. The summed E-state index contributed by atoms with van der Waals surface area (Å²) in [6, 6.07) is 9.98. The van der Waals surface area contributed by atoms with Crippen LogP contribution in [0, 0.1) is 5.82 Å². The number of halogens is 1. The summed E-state index contributed by atoms with van der Waals surface area (Å²) in [5.74, 6) is 0.0261. The van der Waals surface area contributed by atoms with Crippen LogP contribution in [0.2, 0.25) is 0 Å². The zero-order chi connectivity index (χ0) is 16.2. The van der Waals surface area contributed by atoms with Crippen LogP contribution in [0.3, 0.4) is 0 Å². The first-order valence-electron chi connectivity index (χ1n) is 6.99. The molecule has 0 saturated heterocycles. The van der Waals surface area contributed by atoms with E-state index in [9.17, 15) is 9.18 Å². The van der Waals surface area contributed by atoms with Gasteiger partial charge < -0.3 is 10.6 Å². The van der Waals surface area contributed by atoms with Gasteiger partial charge in [0.25, 0.3) is 5.91 Å². The lowest BCUT2D eigenvalue weighted by Crippen LogP contribution is -2.29. The van der Waals surface area contributed by atoms with Gasteiger partial charge in [-0.15, -0.1) is 10.2 Å². The lowest BCUT2D eigenvalue weighted by atomic mass is 9.84. The molecular formula is C16H19FN4O. The van der Waals surface area contributed by atoms with Crippen molar-refractivity contribution in [1.82, 2.24) is 15.5 Å². The van der Waals surface area contributed by atoms with Crippen molar-refractivity contribution in [2.45, 2.75) is 19.3 Å². The number of nitrogens with one attached hydrogen (secondary N) is 2. The Balaban J connectivity index is 2.06. The predicted octanol–water partition coefficient (Wildman–Crippen LogP) is 2.37. The maximum atomic E-state index is 13.9. The smallest absolute Gasteiger partial charge is 0.271 e. The third kappa shape index (κ3) is 3.58. The molecule has 0 radical (unpaired) electrons. The summed E-state index contributed by atoms with van der Waals surface area (Å²) in [6.45, 7) is 4.39. The number of hydrogen-bond acceptors (Lipinski definition) is 4. The molecule has 6 heteroatoms. The van der Waals surface area contributed by atoms with Crippen molar-refractivity contribution in [2.24, 2.45) is 0 Å². The fraction of sp³-hybridized carbons (Fsp3) is 0.312.